The molecule has 0 fully saturated rings. The van der Waals surface area contributed by atoms with E-state index in [4.69, 9.17) is 16.6 Å². The summed E-state index contributed by atoms with van der Waals surface area (Å²) in [6.45, 7) is 0.628. The number of aromatic amines is 1. The van der Waals surface area contributed by atoms with E-state index in [0.29, 0.717) is 5.69 Å². The second kappa shape index (κ2) is 11.5. The maximum Gasteiger partial charge on any atom is 0.328 e. The van der Waals surface area contributed by atoms with Crippen LogP contribution >= 0.6 is 0 Å². The lowest BCUT2D eigenvalue weighted by Crippen LogP contribution is -2.56. The Morgan fingerprint density at radius 2 is 1.87 bits per heavy atom. The number of amides is 4. The molecule has 10 N–H and O–H groups in total. The Kier molecular flexibility index (Phi) is 9.38. The van der Waals surface area contributed by atoms with Crippen molar-refractivity contribution in [1.29, 1.82) is 0 Å². The second-order valence-electron chi connectivity index (χ2n) is 6.46. The third-order valence-corrected chi connectivity index (χ3v) is 3.86. The predicted molar refractivity (Wildman–Crippen MR) is 100 cm³/mol. The van der Waals surface area contributed by atoms with Gasteiger partial charge in [0.25, 0.3) is 0 Å². The first-order valence-electron chi connectivity index (χ1n) is 8.80. The second-order valence-corrected chi connectivity index (χ2v) is 6.46. The van der Waals surface area contributed by atoms with Gasteiger partial charge >= 0.3 is 5.97 Å². The summed E-state index contributed by atoms with van der Waals surface area (Å²) < 4.78 is 0. The zero-order valence-corrected chi connectivity index (χ0v) is 16.1. The highest BCUT2D eigenvalue weighted by atomic mass is 16.4. The van der Waals surface area contributed by atoms with Crippen molar-refractivity contribution in [2.24, 2.45) is 11.5 Å². The number of hydrogen-bond donors (Lipinski definition) is 8. The molecule has 1 rings (SSSR count). The molecule has 4 amide bonds. The summed E-state index contributed by atoms with van der Waals surface area (Å²) in [6, 6.07) is -4.07. The SMILES string of the molecule is CC(O)C(NC(=O)C(Cc1cnc[nH]1)NC(=O)CNC(=O)C(N)CC(N)=O)C(=O)O. The number of nitrogens with two attached hydrogens (primary N) is 2. The fourth-order valence-electron chi connectivity index (χ4n) is 2.32. The van der Waals surface area contributed by atoms with Crippen LogP contribution in [0, 0.1) is 0 Å². The Morgan fingerprint density at radius 1 is 1.20 bits per heavy atom. The van der Waals surface area contributed by atoms with Crippen LogP contribution in [0.25, 0.3) is 0 Å². The van der Waals surface area contributed by atoms with Gasteiger partial charge in [0.05, 0.1) is 31.4 Å². The molecule has 0 aliphatic rings. The highest BCUT2D eigenvalue weighted by molar-refractivity contribution is 5.93. The van der Waals surface area contributed by atoms with Gasteiger partial charge in [0.15, 0.2) is 6.04 Å². The lowest BCUT2D eigenvalue weighted by Gasteiger charge is -2.22. The number of hydrogen-bond acceptors (Lipinski definition) is 8. The minimum Gasteiger partial charge on any atom is -0.480 e. The molecular weight excluding hydrogens is 402 g/mol. The number of aromatic nitrogens is 2. The molecular formula is C16H25N7O7. The van der Waals surface area contributed by atoms with Gasteiger partial charge in [-0.05, 0) is 6.92 Å². The Balaban J connectivity index is 2.77. The fraction of sp³-hybridized carbons (Fsp3) is 0.500. The first-order chi connectivity index (χ1) is 14.0. The van der Waals surface area contributed by atoms with Crippen molar-refractivity contribution in [3.8, 4) is 0 Å². The van der Waals surface area contributed by atoms with Gasteiger partial charge in [0.2, 0.25) is 23.6 Å². The van der Waals surface area contributed by atoms with Crippen molar-refractivity contribution in [2.75, 3.05) is 6.54 Å². The van der Waals surface area contributed by atoms with Crippen LogP contribution < -0.4 is 27.4 Å². The smallest absolute Gasteiger partial charge is 0.328 e. The molecule has 30 heavy (non-hydrogen) atoms. The van der Waals surface area contributed by atoms with E-state index in [1.54, 1.807) is 0 Å². The van der Waals surface area contributed by atoms with E-state index >= 15 is 0 Å². The van der Waals surface area contributed by atoms with Crippen molar-refractivity contribution in [1.82, 2.24) is 25.9 Å². The minimum atomic E-state index is -1.59. The minimum absolute atomic E-state index is 0.0706. The molecule has 0 aromatic carbocycles. The summed E-state index contributed by atoms with van der Waals surface area (Å²) >= 11 is 0. The molecule has 14 nitrogen and oxygen atoms in total. The quantitative estimate of drug-likeness (QED) is 0.161. The molecule has 0 bridgehead atoms. The number of carbonyl (C=O) groups is 5. The van der Waals surface area contributed by atoms with E-state index in [-0.39, 0.29) is 6.42 Å². The lowest BCUT2D eigenvalue weighted by molar-refractivity contribution is -0.145. The van der Waals surface area contributed by atoms with Crippen LogP contribution in [0.5, 0.6) is 0 Å². The summed E-state index contributed by atoms with van der Waals surface area (Å²) in [7, 11) is 0. The number of H-pyrrole nitrogens is 1. The Morgan fingerprint density at radius 3 is 2.37 bits per heavy atom. The topological polar surface area (TPSA) is 243 Å². The van der Waals surface area contributed by atoms with Crippen molar-refractivity contribution in [3.63, 3.8) is 0 Å². The van der Waals surface area contributed by atoms with E-state index in [0.717, 1.165) is 0 Å². The van der Waals surface area contributed by atoms with Crippen molar-refractivity contribution in [3.05, 3.63) is 18.2 Å². The van der Waals surface area contributed by atoms with Crippen molar-refractivity contribution in [2.45, 2.75) is 44.0 Å². The standard InChI is InChI=1S/C16H25N7O7/c1-7(24)13(16(29)30)23-15(28)10(2-8-4-19-6-21-8)22-12(26)5-20-14(27)9(17)3-11(18)25/h4,6-7,9-10,13,24H,2-3,5,17H2,1H3,(H2,18,25)(H,19,21)(H,20,27)(H,22,26)(H,23,28)(H,29,30). The molecule has 0 saturated carbocycles. The third-order valence-electron chi connectivity index (χ3n) is 3.86. The number of carboxylic acids is 1. The van der Waals surface area contributed by atoms with Crippen LogP contribution in [-0.4, -0.2) is 80.6 Å². The molecule has 0 aliphatic heterocycles. The molecule has 4 unspecified atom stereocenters. The first kappa shape index (κ1) is 24.5. The van der Waals surface area contributed by atoms with Gasteiger partial charge in [-0.3, -0.25) is 19.2 Å². The van der Waals surface area contributed by atoms with Gasteiger partial charge in [-0.2, -0.15) is 0 Å². The average Bonchev–Trinajstić information content (AvgIpc) is 3.15. The lowest BCUT2D eigenvalue weighted by atomic mass is 10.1. The summed E-state index contributed by atoms with van der Waals surface area (Å²) in [6.07, 6.45) is 0.886. The highest BCUT2D eigenvalue weighted by Gasteiger charge is 2.30. The van der Waals surface area contributed by atoms with Crippen LogP contribution in [-0.2, 0) is 30.4 Å². The molecule has 4 atom stereocenters. The van der Waals surface area contributed by atoms with Crippen LogP contribution in [0.15, 0.2) is 12.5 Å². The molecule has 0 aliphatic carbocycles. The molecule has 166 valence electrons. The predicted octanol–water partition coefficient (Wildman–Crippen LogP) is -4.29. The van der Waals surface area contributed by atoms with Gasteiger partial charge in [-0.25, -0.2) is 9.78 Å². The van der Waals surface area contributed by atoms with E-state index < -0.39 is 66.8 Å². The molecule has 0 saturated heterocycles. The molecule has 1 aromatic heterocycles. The fourth-order valence-corrected chi connectivity index (χ4v) is 2.32. The molecule has 14 heteroatoms. The first-order valence-corrected chi connectivity index (χ1v) is 8.80. The van der Waals surface area contributed by atoms with Crippen LogP contribution in [0.1, 0.15) is 19.0 Å². The normalized spacial score (nSPS) is 14.6. The molecule has 0 radical (unpaired) electrons. The Hall–Kier alpha value is -3.52. The number of carbonyl (C=O) groups excluding carboxylic acids is 4. The largest absolute Gasteiger partial charge is 0.480 e. The molecule has 0 spiro atoms. The summed E-state index contributed by atoms with van der Waals surface area (Å²) in [4.78, 5) is 64.9. The number of nitrogens with zero attached hydrogens (tertiary/aromatic N) is 1. The van der Waals surface area contributed by atoms with Gasteiger partial charge < -0.3 is 42.6 Å². The number of nitrogens with one attached hydrogen (secondary N) is 4. The van der Waals surface area contributed by atoms with Gasteiger partial charge in [0, 0.05) is 18.3 Å². The number of imidazole rings is 1. The van der Waals surface area contributed by atoms with E-state index in [1.165, 1.54) is 19.4 Å². The average molecular weight is 427 g/mol. The zero-order valence-electron chi connectivity index (χ0n) is 16.1. The number of carboxylic acid groups (broad SMARTS) is 1. The monoisotopic (exact) mass is 427 g/mol. The highest BCUT2D eigenvalue weighted by Crippen LogP contribution is 2.01. The van der Waals surface area contributed by atoms with E-state index in [9.17, 15) is 29.1 Å². The van der Waals surface area contributed by atoms with Crippen LogP contribution in [0.3, 0.4) is 0 Å². The number of aliphatic hydroxyl groups excluding tert-OH is 1. The number of aliphatic carboxylic acids is 1. The molecule has 1 aromatic rings. The van der Waals surface area contributed by atoms with Crippen molar-refractivity contribution >= 4 is 29.6 Å². The number of aliphatic hydroxyl groups is 1. The zero-order chi connectivity index (χ0) is 22.8. The van der Waals surface area contributed by atoms with Crippen molar-refractivity contribution < 1.29 is 34.2 Å². The maximum atomic E-state index is 12.5. The maximum absolute atomic E-state index is 12.5. The number of rotatable bonds is 12. The summed E-state index contributed by atoms with van der Waals surface area (Å²) in [5, 5.41) is 25.3. The van der Waals surface area contributed by atoms with Gasteiger partial charge in [-0.1, -0.05) is 0 Å². The summed E-state index contributed by atoms with van der Waals surface area (Å²) in [5.41, 5.74) is 10.9. The van der Waals surface area contributed by atoms with Gasteiger partial charge in [0.1, 0.15) is 6.04 Å². The third kappa shape index (κ3) is 8.24. The molecule has 1 heterocycles. The van der Waals surface area contributed by atoms with Gasteiger partial charge in [-0.15, -0.1) is 0 Å². The van der Waals surface area contributed by atoms with E-state index in [1.807, 2.05) is 0 Å². The Labute approximate surface area is 170 Å². The van der Waals surface area contributed by atoms with E-state index in [2.05, 4.69) is 25.9 Å². The van der Waals surface area contributed by atoms with Crippen LogP contribution in [0.4, 0.5) is 0 Å². The Bertz CT molecular complexity index is 766. The van der Waals surface area contributed by atoms with Crippen LogP contribution in [0.2, 0.25) is 0 Å². The summed E-state index contributed by atoms with van der Waals surface area (Å²) in [5.74, 6) is -4.69. The number of primary amides is 1.